The van der Waals surface area contributed by atoms with Crippen LogP contribution in [0.3, 0.4) is 0 Å². The maximum Gasteiger partial charge on any atom is 0.0762 e. The highest BCUT2D eigenvalue weighted by molar-refractivity contribution is 5.00. The minimum Gasteiger partial charge on any atom is -0.308 e. The zero-order valence-corrected chi connectivity index (χ0v) is 13.7. The lowest BCUT2D eigenvalue weighted by atomic mass is 9.78. The van der Waals surface area contributed by atoms with Gasteiger partial charge in [-0.1, -0.05) is 39.5 Å². The summed E-state index contributed by atoms with van der Waals surface area (Å²) in [5, 5.41) is 8.60. The lowest BCUT2D eigenvalue weighted by molar-refractivity contribution is 0.204. The summed E-state index contributed by atoms with van der Waals surface area (Å²) in [6.07, 6.45) is 13.1. The highest BCUT2D eigenvalue weighted by Gasteiger charge is 2.27. The molecule has 2 atom stereocenters. The fourth-order valence-electron chi connectivity index (χ4n) is 4.29. The van der Waals surface area contributed by atoms with Crippen LogP contribution in [0.5, 0.6) is 0 Å². The van der Waals surface area contributed by atoms with Gasteiger partial charge >= 0.3 is 0 Å². The van der Waals surface area contributed by atoms with Crippen LogP contribution in [0.4, 0.5) is 0 Å². The first-order valence-corrected chi connectivity index (χ1v) is 9.01. The van der Waals surface area contributed by atoms with Gasteiger partial charge in [-0.3, -0.25) is 4.68 Å². The van der Waals surface area contributed by atoms with Crippen molar-refractivity contribution < 1.29 is 0 Å². The van der Waals surface area contributed by atoms with E-state index in [0.29, 0.717) is 12.1 Å². The van der Waals surface area contributed by atoms with Crippen LogP contribution in [0.1, 0.15) is 76.9 Å². The van der Waals surface area contributed by atoms with Gasteiger partial charge in [0.15, 0.2) is 0 Å². The molecule has 2 saturated carbocycles. The number of rotatable bonds is 5. The number of hydrogen-bond acceptors (Lipinski definition) is 2. The Hall–Kier alpha value is -0.830. The summed E-state index contributed by atoms with van der Waals surface area (Å²) in [6, 6.07) is 3.56. The summed E-state index contributed by atoms with van der Waals surface area (Å²) >= 11 is 0. The van der Waals surface area contributed by atoms with E-state index in [0.717, 1.165) is 18.4 Å². The van der Waals surface area contributed by atoms with Crippen LogP contribution < -0.4 is 5.32 Å². The maximum absolute atomic E-state index is 4.80. The fourth-order valence-corrected chi connectivity index (χ4v) is 4.29. The normalized spacial score (nSPS) is 27.6. The quantitative estimate of drug-likeness (QED) is 0.875. The third-order valence-electron chi connectivity index (χ3n) is 5.58. The molecule has 21 heavy (non-hydrogen) atoms. The van der Waals surface area contributed by atoms with Crippen LogP contribution in [0.15, 0.2) is 12.3 Å². The summed E-state index contributed by atoms with van der Waals surface area (Å²) in [7, 11) is 0. The van der Waals surface area contributed by atoms with Gasteiger partial charge in [0.2, 0.25) is 0 Å². The molecule has 0 aromatic carbocycles. The molecule has 1 aromatic heterocycles. The lowest BCUT2D eigenvalue weighted by Crippen LogP contribution is -2.40. The first-order chi connectivity index (χ1) is 10.2. The van der Waals surface area contributed by atoms with E-state index < -0.39 is 0 Å². The van der Waals surface area contributed by atoms with Crippen LogP contribution >= 0.6 is 0 Å². The van der Waals surface area contributed by atoms with Gasteiger partial charge in [-0.2, -0.15) is 5.10 Å². The average Bonchev–Trinajstić information content (AvgIpc) is 3.16. The molecule has 3 nitrogen and oxygen atoms in total. The highest BCUT2D eigenvalue weighted by Crippen LogP contribution is 2.31. The Balaban J connectivity index is 1.54. The predicted molar refractivity (Wildman–Crippen MR) is 87.2 cm³/mol. The Bertz CT molecular complexity index is 431. The van der Waals surface area contributed by atoms with Crippen molar-refractivity contribution in [2.24, 2.45) is 11.8 Å². The van der Waals surface area contributed by atoms with Gasteiger partial charge in [-0.15, -0.1) is 0 Å². The van der Waals surface area contributed by atoms with Gasteiger partial charge in [-0.05, 0) is 43.6 Å². The van der Waals surface area contributed by atoms with E-state index in [1.54, 1.807) is 0 Å². The summed E-state index contributed by atoms with van der Waals surface area (Å²) in [4.78, 5) is 0. The van der Waals surface area contributed by atoms with Crippen molar-refractivity contribution in [3.63, 3.8) is 0 Å². The molecule has 118 valence electrons. The average molecular weight is 289 g/mol. The van der Waals surface area contributed by atoms with E-state index >= 15 is 0 Å². The topological polar surface area (TPSA) is 29.9 Å². The smallest absolute Gasteiger partial charge is 0.0762 e. The first kappa shape index (κ1) is 15.1. The Morgan fingerprint density at radius 3 is 2.62 bits per heavy atom. The second kappa shape index (κ2) is 6.95. The van der Waals surface area contributed by atoms with Gasteiger partial charge in [0, 0.05) is 18.8 Å². The monoisotopic (exact) mass is 289 g/mol. The number of hydrogen-bond donors (Lipinski definition) is 1. The molecule has 0 bridgehead atoms. The van der Waals surface area contributed by atoms with E-state index in [9.17, 15) is 0 Å². The molecule has 0 spiro atoms. The van der Waals surface area contributed by atoms with Crippen molar-refractivity contribution in [2.45, 2.75) is 83.8 Å². The molecule has 2 fully saturated rings. The Kier molecular flexibility index (Phi) is 4.99. The molecule has 0 aliphatic heterocycles. The zero-order chi connectivity index (χ0) is 14.7. The molecule has 2 unspecified atom stereocenters. The van der Waals surface area contributed by atoms with Crippen molar-refractivity contribution in [1.82, 2.24) is 15.1 Å². The predicted octanol–water partition coefficient (Wildman–Crippen LogP) is 4.30. The standard InChI is InChI=1S/C18H31N3/c1-14(2)17-9-5-6-10-18(17)19-13-15-11-12-21(20-15)16-7-3-4-8-16/h11-12,14,16-19H,3-10,13H2,1-2H3. The van der Waals surface area contributed by atoms with E-state index in [4.69, 9.17) is 5.10 Å². The minimum atomic E-state index is 0.664. The molecule has 3 rings (SSSR count). The van der Waals surface area contributed by atoms with Gasteiger partial charge in [0.25, 0.3) is 0 Å². The molecule has 0 saturated heterocycles. The molecule has 2 aliphatic rings. The molecule has 3 heteroatoms. The molecule has 1 N–H and O–H groups in total. The van der Waals surface area contributed by atoms with Crippen molar-refractivity contribution in [1.29, 1.82) is 0 Å². The van der Waals surface area contributed by atoms with Crippen LogP contribution in [0.2, 0.25) is 0 Å². The van der Waals surface area contributed by atoms with Crippen molar-refractivity contribution in [3.8, 4) is 0 Å². The molecule has 0 amide bonds. The van der Waals surface area contributed by atoms with Crippen molar-refractivity contribution in [2.75, 3.05) is 0 Å². The summed E-state index contributed by atoms with van der Waals surface area (Å²) in [5.74, 6) is 1.63. The Morgan fingerprint density at radius 2 is 1.86 bits per heavy atom. The van der Waals surface area contributed by atoms with Crippen molar-refractivity contribution in [3.05, 3.63) is 18.0 Å². The third-order valence-corrected chi connectivity index (χ3v) is 5.58. The molecule has 1 heterocycles. The molecular weight excluding hydrogens is 258 g/mol. The van der Waals surface area contributed by atoms with Crippen LogP contribution in [0.25, 0.3) is 0 Å². The van der Waals surface area contributed by atoms with Crippen LogP contribution in [0, 0.1) is 11.8 Å². The second-order valence-corrected chi connectivity index (χ2v) is 7.41. The molecule has 0 radical (unpaired) electrons. The number of nitrogens with zero attached hydrogens (tertiary/aromatic N) is 2. The second-order valence-electron chi connectivity index (χ2n) is 7.41. The largest absolute Gasteiger partial charge is 0.308 e. The van der Waals surface area contributed by atoms with Gasteiger partial charge in [-0.25, -0.2) is 0 Å². The Morgan fingerprint density at radius 1 is 1.14 bits per heavy atom. The van der Waals surface area contributed by atoms with Gasteiger partial charge in [0.05, 0.1) is 11.7 Å². The minimum absolute atomic E-state index is 0.664. The highest BCUT2D eigenvalue weighted by atomic mass is 15.3. The third kappa shape index (κ3) is 3.68. The Labute approximate surface area is 129 Å². The fraction of sp³-hybridized carbons (Fsp3) is 0.833. The maximum atomic E-state index is 4.80. The number of nitrogens with one attached hydrogen (secondary N) is 1. The van der Waals surface area contributed by atoms with Crippen molar-refractivity contribution >= 4 is 0 Å². The molecule has 1 aromatic rings. The van der Waals surface area contributed by atoms with Crippen LogP contribution in [-0.2, 0) is 6.54 Å². The number of aromatic nitrogens is 2. The van der Waals surface area contributed by atoms with E-state index in [1.807, 2.05) is 0 Å². The zero-order valence-electron chi connectivity index (χ0n) is 13.7. The SMILES string of the molecule is CC(C)C1CCCCC1NCc1ccn(C2CCCC2)n1. The van der Waals surface area contributed by atoms with E-state index in [2.05, 4.69) is 36.1 Å². The first-order valence-electron chi connectivity index (χ1n) is 9.01. The van der Waals surface area contributed by atoms with Gasteiger partial charge < -0.3 is 5.32 Å². The van der Waals surface area contributed by atoms with E-state index in [-0.39, 0.29) is 0 Å². The van der Waals surface area contributed by atoms with Crippen LogP contribution in [-0.4, -0.2) is 15.8 Å². The lowest BCUT2D eigenvalue weighted by Gasteiger charge is -2.35. The summed E-state index contributed by atoms with van der Waals surface area (Å²) in [5.41, 5.74) is 1.22. The molecule has 2 aliphatic carbocycles. The van der Waals surface area contributed by atoms with E-state index in [1.165, 1.54) is 57.1 Å². The molecular formula is C18H31N3. The van der Waals surface area contributed by atoms with Gasteiger partial charge in [0.1, 0.15) is 0 Å². The summed E-state index contributed by atoms with van der Waals surface area (Å²) < 4.78 is 2.21. The summed E-state index contributed by atoms with van der Waals surface area (Å²) in [6.45, 7) is 5.69.